The molecule has 20 heavy (non-hydrogen) atoms. The molecule has 0 aromatic heterocycles. The van der Waals surface area contributed by atoms with Gasteiger partial charge in [-0.3, -0.25) is 0 Å². The quantitative estimate of drug-likeness (QED) is 0.892. The largest absolute Gasteiger partial charge is 0.327 e. The lowest BCUT2D eigenvalue weighted by atomic mass is 9.68. The molecule has 0 aliphatic heterocycles. The van der Waals surface area contributed by atoms with E-state index in [4.69, 9.17) is 5.73 Å². The highest BCUT2D eigenvalue weighted by Gasteiger charge is 2.36. The zero-order valence-corrected chi connectivity index (χ0v) is 13.3. The number of hydrogen-bond donors (Lipinski definition) is 1. The van der Waals surface area contributed by atoms with Crippen molar-refractivity contribution in [2.75, 3.05) is 20.1 Å². The second kappa shape index (κ2) is 6.73. The van der Waals surface area contributed by atoms with E-state index in [0.29, 0.717) is 17.4 Å². The zero-order valence-electron chi connectivity index (χ0n) is 13.3. The van der Waals surface area contributed by atoms with Gasteiger partial charge in [0.25, 0.3) is 0 Å². The molecule has 2 nitrogen and oxygen atoms in total. The van der Waals surface area contributed by atoms with Gasteiger partial charge in [-0.05, 0) is 43.2 Å². The summed E-state index contributed by atoms with van der Waals surface area (Å²) in [6, 6.07) is 11.1. The molecule has 1 saturated carbocycles. The molecule has 2 heteroatoms. The molecule has 1 aromatic carbocycles. The monoisotopic (exact) mass is 274 g/mol. The van der Waals surface area contributed by atoms with Crippen LogP contribution in [0.25, 0.3) is 0 Å². The summed E-state index contributed by atoms with van der Waals surface area (Å²) in [4.78, 5) is 2.46. The summed E-state index contributed by atoms with van der Waals surface area (Å²) in [7, 11) is 2.23. The Morgan fingerprint density at radius 3 is 2.65 bits per heavy atom. The lowest BCUT2D eigenvalue weighted by Crippen LogP contribution is -2.49. The molecule has 0 saturated heterocycles. The first-order chi connectivity index (χ1) is 9.49. The van der Waals surface area contributed by atoms with E-state index < -0.39 is 0 Å². The lowest BCUT2D eigenvalue weighted by Gasteiger charge is -2.43. The summed E-state index contributed by atoms with van der Waals surface area (Å²) in [6.45, 7) is 6.91. The topological polar surface area (TPSA) is 29.3 Å². The number of hydrogen-bond acceptors (Lipinski definition) is 2. The van der Waals surface area contributed by atoms with Crippen molar-refractivity contribution in [1.29, 1.82) is 0 Å². The van der Waals surface area contributed by atoms with E-state index >= 15 is 0 Å². The Labute approximate surface area is 124 Å². The van der Waals surface area contributed by atoms with Crippen LogP contribution in [0.4, 0.5) is 0 Å². The van der Waals surface area contributed by atoms with Gasteiger partial charge in [0.05, 0.1) is 0 Å². The second-order valence-corrected chi connectivity index (χ2v) is 7.16. The Bertz CT molecular complexity index is 399. The van der Waals surface area contributed by atoms with Crippen LogP contribution < -0.4 is 5.73 Å². The third-order valence-electron chi connectivity index (χ3n) is 4.98. The Morgan fingerprint density at radius 2 is 1.95 bits per heavy atom. The van der Waals surface area contributed by atoms with Crippen LogP contribution in [0.15, 0.2) is 30.3 Å². The molecule has 1 aliphatic rings. The van der Waals surface area contributed by atoms with Gasteiger partial charge in [0.1, 0.15) is 0 Å². The van der Waals surface area contributed by atoms with Gasteiger partial charge < -0.3 is 10.6 Å². The van der Waals surface area contributed by atoms with E-state index in [1.54, 1.807) is 0 Å². The minimum absolute atomic E-state index is 0.309. The lowest BCUT2D eigenvalue weighted by molar-refractivity contribution is 0.111. The average molecular weight is 274 g/mol. The van der Waals surface area contributed by atoms with Gasteiger partial charge in [-0.15, -0.1) is 0 Å². The van der Waals surface area contributed by atoms with Crippen LogP contribution in [0.1, 0.15) is 38.7 Å². The molecule has 2 atom stereocenters. The molecule has 0 radical (unpaired) electrons. The highest BCUT2D eigenvalue weighted by atomic mass is 15.1. The summed E-state index contributed by atoms with van der Waals surface area (Å²) in [5.74, 6) is 0.652. The Morgan fingerprint density at radius 1 is 1.25 bits per heavy atom. The number of likely N-dealkylation sites (N-methyl/N-ethyl adjacent to an activating group) is 1. The molecule has 0 amide bonds. The Hall–Kier alpha value is -0.860. The molecule has 1 fully saturated rings. The minimum Gasteiger partial charge on any atom is -0.327 e. The molecular formula is C18H30N2. The average Bonchev–Trinajstić information content (AvgIpc) is 2.43. The predicted molar refractivity (Wildman–Crippen MR) is 86.7 cm³/mol. The minimum atomic E-state index is 0.309. The van der Waals surface area contributed by atoms with E-state index in [9.17, 15) is 0 Å². The Balaban J connectivity index is 1.80. The summed E-state index contributed by atoms with van der Waals surface area (Å²) in [6.07, 6.45) is 5.03. The molecular weight excluding hydrogens is 244 g/mol. The molecule has 1 aliphatic carbocycles. The van der Waals surface area contributed by atoms with Crippen LogP contribution in [0.5, 0.6) is 0 Å². The number of rotatable bonds is 5. The first-order valence-corrected chi connectivity index (χ1v) is 7.97. The zero-order chi connectivity index (χ0) is 14.6. The van der Waals surface area contributed by atoms with Gasteiger partial charge >= 0.3 is 0 Å². The van der Waals surface area contributed by atoms with Crippen LogP contribution in [-0.4, -0.2) is 31.1 Å². The normalized spacial score (nSPS) is 25.9. The van der Waals surface area contributed by atoms with Gasteiger partial charge in [0.15, 0.2) is 0 Å². The summed E-state index contributed by atoms with van der Waals surface area (Å²) >= 11 is 0. The van der Waals surface area contributed by atoms with E-state index in [2.05, 4.69) is 56.1 Å². The maximum absolute atomic E-state index is 6.49. The Kier molecular flexibility index (Phi) is 5.22. The van der Waals surface area contributed by atoms with Gasteiger partial charge in [-0.25, -0.2) is 0 Å². The SMILES string of the molecule is CN(CCc1ccccc1)CC1CCCC(C)(C)C1N. The van der Waals surface area contributed by atoms with E-state index in [-0.39, 0.29) is 0 Å². The third kappa shape index (κ3) is 4.07. The third-order valence-corrected chi connectivity index (χ3v) is 4.98. The molecule has 1 aromatic rings. The van der Waals surface area contributed by atoms with E-state index in [0.717, 1.165) is 19.5 Å². The molecule has 0 heterocycles. The van der Waals surface area contributed by atoms with Gasteiger partial charge in [-0.1, -0.05) is 50.6 Å². The fraction of sp³-hybridized carbons (Fsp3) is 0.667. The summed E-state index contributed by atoms with van der Waals surface area (Å²) < 4.78 is 0. The molecule has 0 bridgehead atoms. The molecule has 2 N–H and O–H groups in total. The van der Waals surface area contributed by atoms with Crippen molar-refractivity contribution < 1.29 is 0 Å². The molecule has 2 unspecified atom stereocenters. The van der Waals surface area contributed by atoms with Crippen molar-refractivity contribution in [1.82, 2.24) is 4.90 Å². The maximum atomic E-state index is 6.49. The van der Waals surface area contributed by atoms with Crippen LogP contribution in [-0.2, 0) is 6.42 Å². The molecule has 0 spiro atoms. The van der Waals surface area contributed by atoms with Crippen LogP contribution in [0, 0.1) is 11.3 Å². The van der Waals surface area contributed by atoms with Crippen LogP contribution in [0.3, 0.4) is 0 Å². The van der Waals surface area contributed by atoms with Crippen molar-refractivity contribution in [2.24, 2.45) is 17.1 Å². The smallest absolute Gasteiger partial charge is 0.0131 e. The van der Waals surface area contributed by atoms with E-state index in [1.807, 2.05) is 0 Å². The van der Waals surface area contributed by atoms with E-state index in [1.165, 1.54) is 24.8 Å². The van der Waals surface area contributed by atoms with Crippen molar-refractivity contribution in [3.05, 3.63) is 35.9 Å². The van der Waals surface area contributed by atoms with Crippen molar-refractivity contribution >= 4 is 0 Å². The fourth-order valence-electron chi connectivity index (χ4n) is 3.47. The maximum Gasteiger partial charge on any atom is 0.0131 e. The standard InChI is InChI=1S/C18H30N2/c1-18(2)12-7-10-16(17(18)19)14-20(3)13-11-15-8-5-4-6-9-15/h4-6,8-9,16-17H,7,10-14,19H2,1-3H3. The highest BCUT2D eigenvalue weighted by Crippen LogP contribution is 2.37. The summed E-state index contributed by atoms with van der Waals surface area (Å²) in [5.41, 5.74) is 8.22. The highest BCUT2D eigenvalue weighted by molar-refractivity contribution is 5.14. The summed E-state index contributed by atoms with van der Waals surface area (Å²) in [5, 5.41) is 0. The molecule has 2 rings (SSSR count). The van der Waals surface area contributed by atoms with Gasteiger partial charge in [-0.2, -0.15) is 0 Å². The molecule has 112 valence electrons. The number of nitrogens with two attached hydrogens (primary N) is 1. The van der Waals surface area contributed by atoms with Crippen LogP contribution >= 0.6 is 0 Å². The first kappa shape index (κ1) is 15.5. The number of nitrogens with zero attached hydrogens (tertiary/aromatic N) is 1. The second-order valence-electron chi connectivity index (χ2n) is 7.16. The van der Waals surface area contributed by atoms with Crippen molar-refractivity contribution in [3.8, 4) is 0 Å². The van der Waals surface area contributed by atoms with Gasteiger partial charge in [0.2, 0.25) is 0 Å². The first-order valence-electron chi connectivity index (χ1n) is 7.97. The van der Waals surface area contributed by atoms with Crippen molar-refractivity contribution in [3.63, 3.8) is 0 Å². The van der Waals surface area contributed by atoms with Gasteiger partial charge in [0, 0.05) is 19.1 Å². The van der Waals surface area contributed by atoms with Crippen LogP contribution in [0.2, 0.25) is 0 Å². The fourth-order valence-corrected chi connectivity index (χ4v) is 3.47. The van der Waals surface area contributed by atoms with Crippen molar-refractivity contribution in [2.45, 2.75) is 45.6 Å². The predicted octanol–water partition coefficient (Wildman–Crippen LogP) is 3.31. The number of benzene rings is 1.